The highest BCUT2D eigenvalue weighted by atomic mass is 28.3. The van der Waals surface area contributed by atoms with Crippen molar-refractivity contribution < 1.29 is 0 Å². The van der Waals surface area contributed by atoms with Gasteiger partial charge >= 0.3 is 0 Å². The summed E-state index contributed by atoms with van der Waals surface area (Å²) in [4.78, 5) is 0. The van der Waals surface area contributed by atoms with E-state index in [1.807, 2.05) is 5.57 Å². The second-order valence-corrected chi connectivity index (χ2v) is 18.9. The summed E-state index contributed by atoms with van der Waals surface area (Å²) >= 11 is 0. The molecule has 0 bridgehead atoms. The van der Waals surface area contributed by atoms with Crippen LogP contribution in [0.5, 0.6) is 0 Å². The van der Waals surface area contributed by atoms with Crippen molar-refractivity contribution >= 4 is 24.7 Å². The Labute approximate surface area is 256 Å². The lowest BCUT2D eigenvalue weighted by atomic mass is 9.32. The molecule has 0 saturated heterocycles. The number of rotatable bonds is 3. The minimum atomic E-state index is -1.85. The van der Waals surface area contributed by atoms with Gasteiger partial charge in [-0.2, -0.15) is 0 Å². The van der Waals surface area contributed by atoms with Crippen LogP contribution in [0.1, 0.15) is 79.4 Å². The van der Waals surface area contributed by atoms with Gasteiger partial charge in [-0.1, -0.05) is 168 Å². The van der Waals surface area contributed by atoms with E-state index in [0.717, 1.165) is 6.42 Å². The minimum Gasteiger partial charge on any atom is -0.0842 e. The van der Waals surface area contributed by atoms with Gasteiger partial charge in [0.25, 0.3) is 0 Å². The summed E-state index contributed by atoms with van der Waals surface area (Å²) in [6.45, 7) is 21.3. The molecule has 0 nitrogen and oxygen atoms in total. The molecule has 216 valence electrons. The normalized spacial score (nSPS) is 30.1. The second-order valence-electron chi connectivity index (χ2n) is 15.6. The van der Waals surface area contributed by atoms with Gasteiger partial charge in [0.2, 0.25) is 0 Å². The summed E-state index contributed by atoms with van der Waals surface area (Å²) in [5.74, 6) is 0.522. The first-order chi connectivity index (χ1) is 19.9. The average molecular weight is 569 g/mol. The van der Waals surface area contributed by atoms with Crippen LogP contribution < -0.4 is 10.4 Å². The van der Waals surface area contributed by atoms with Crippen LogP contribution in [0.3, 0.4) is 0 Å². The van der Waals surface area contributed by atoms with Crippen LogP contribution in [0.2, 0.25) is 5.04 Å². The van der Waals surface area contributed by atoms with Crippen molar-refractivity contribution in [1.82, 2.24) is 0 Å². The van der Waals surface area contributed by atoms with Crippen LogP contribution >= 0.6 is 0 Å². The zero-order chi connectivity index (χ0) is 29.7. The lowest BCUT2D eigenvalue weighted by molar-refractivity contribution is -0.155. The Hall–Kier alpha value is -2.90. The molecule has 1 fully saturated rings. The molecule has 0 spiro atoms. The molecule has 0 N–H and O–H groups in total. The lowest BCUT2D eigenvalue weighted by Gasteiger charge is -2.76. The predicted molar refractivity (Wildman–Crippen MR) is 183 cm³/mol. The molecule has 7 rings (SSSR count). The van der Waals surface area contributed by atoms with Gasteiger partial charge < -0.3 is 0 Å². The first-order valence-electron chi connectivity index (χ1n) is 16.2. The fraction of sp³-hybridized carbons (Fsp3) is 0.415. The molecule has 3 unspecified atom stereocenters. The molecule has 3 atom stereocenters. The summed E-state index contributed by atoms with van der Waals surface area (Å²) < 4.78 is 0. The van der Waals surface area contributed by atoms with E-state index in [4.69, 9.17) is 0 Å². The third-order valence-corrected chi connectivity index (χ3v) is 18.4. The Morgan fingerprint density at radius 3 is 1.83 bits per heavy atom. The van der Waals surface area contributed by atoms with E-state index in [-0.39, 0.29) is 26.7 Å². The van der Waals surface area contributed by atoms with Gasteiger partial charge in [-0.15, -0.1) is 0 Å². The molecule has 3 aromatic rings. The summed E-state index contributed by atoms with van der Waals surface area (Å²) in [5.41, 5.74) is 9.94. The van der Waals surface area contributed by atoms with E-state index in [0.29, 0.717) is 5.92 Å². The summed E-state index contributed by atoms with van der Waals surface area (Å²) in [7, 11) is -1.85. The molecule has 1 saturated carbocycles. The highest BCUT2D eigenvalue weighted by Crippen LogP contribution is 2.82. The predicted octanol–water partition coefficient (Wildman–Crippen LogP) is 9.17. The Morgan fingerprint density at radius 2 is 1.21 bits per heavy atom. The van der Waals surface area contributed by atoms with Crippen LogP contribution in [0.4, 0.5) is 0 Å². The molecule has 1 heteroatoms. The van der Waals surface area contributed by atoms with Gasteiger partial charge in [-0.25, -0.2) is 0 Å². The van der Waals surface area contributed by atoms with E-state index in [1.165, 1.54) is 24.0 Å². The molecule has 4 aliphatic rings. The van der Waals surface area contributed by atoms with E-state index in [9.17, 15) is 0 Å². The Morgan fingerprint density at radius 1 is 0.643 bits per heavy atom. The van der Waals surface area contributed by atoms with Gasteiger partial charge in [0, 0.05) is 5.41 Å². The maximum absolute atomic E-state index is 2.74. The molecule has 4 aliphatic carbocycles. The van der Waals surface area contributed by atoms with E-state index >= 15 is 0 Å². The highest BCUT2D eigenvalue weighted by Gasteiger charge is 2.74. The average Bonchev–Trinajstić information content (AvgIpc) is 3.36. The van der Waals surface area contributed by atoms with Gasteiger partial charge in [0.15, 0.2) is 0 Å². The molecule has 0 amide bonds. The third kappa shape index (κ3) is 3.19. The third-order valence-electron chi connectivity index (χ3n) is 14.1. The number of hydrogen-bond acceptors (Lipinski definition) is 0. The lowest BCUT2D eigenvalue weighted by Crippen LogP contribution is -2.71. The quantitative estimate of drug-likeness (QED) is 0.276. The first kappa shape index (κ1) is 27.9. The van der Waals surface area contributed by atoms with E-state index in [2.05, 4.69) is 152 Å². The van der Waals surface area contributed by atoms with Crippen molar-refractivity contribution in [3.05, 3.63) is 125 Å². The Bertz CT molecular complexity index is 1610. The maximum Gasteiger partial charge on any atom is 0.113 e. The molecule has 3 aromatic carbocycles. The summed E-state index contributed by atoms with van der Waals surface area (Å²) in [5, 5.41) is 3.14. The number of benzene rings is 3. The van der Waals surface area contributed by atoms with Crippen molar-refractivity contribution in [2.75, 3.05) is 0 Å². The number of hydrogen-bond donors (Lipinski definition) is 0. The zero-order valence-corrected chi connectivity index (χ0v) is 28.2. The summed E-state index contributed by atoms with van der Waals surface area (Å²) in [6, 6.07) is 32.7. The molecular weight excluding hydrogens is 521 g/mol. The standard InChI is InChI=1S/C41H48Si/c1-37(2)38(3,4)40(7)34-26-18-17-25-32(34)35-31-24-16-15-19-28(31)27-33(35)36(40)41(8,39(37,5)6)42(29-20-11-9-12-21-29)30-22-13-10-14-23-30/h9-17,19-25,34,42H,18,26-27H2,1-8H3. The van der Waals surface area contributed by atoms with Crippen LogP contribution in [0, 0.1) is 27.6 Å². The van der Waals surface area contributed by atoms with Crippen molar-refractivity contribution in [3.63, 3.8) is 0 Å². The Kier molecular flexibility index (Phi) is 6.01. The van der Waals surface area contributed by atoms with Crippen LogP contribution in [0.25, 0.3) is 5.57 Å². The number of allylic oxidation sites excluding steroid dienone is 6. The molecular formula is C41H48Si. The number of fused-ring (bicyclic) bond motifs is 6. The van der Waals surface area contributed by atoms with E-state index < -0.39 is 8.80 Å². The van der Waals surface area contributed by atoms with Crippen molar-refractivity contribution in [2.24, 2.45) is 27.6 Å². The second kappa shape index (κ2) is 9.05. The van der Waals surface area contributed by atoms with Crippen LogP contribution in [-0.4, -0.2) is 8.80 Å². The van der Waals surface area contributed by atoms with Crippen LogP contribution in [0.15, 0.2) is 114 Å². The highest BCUT2D eigenvalue weighted by molar-refractivity contribution is 6.88. The maximum atomic E-state index is 2.74. The summed E-state index contributed by atoms with van der Waals surface area (Å²) in [6.07, 6.45) is 8.48. The van der Waals surface area contributed by atoms with Gasteiger partial charge in [-0.3, -0.25) is 0 Å². The van der Waals surface area contributed by atoms with Crippen molar-refractivity contribution in [3.8, 4) is 0 Å². The SMILES string of the molecule is CC12C(=C3Cc4ccccc4C3=C3C=CCCC31)C(C)([SiH](c1ccccc1)c1ccccc1)C(C)(C)C(C)(C)C2(C)C. The Balaban J connectivity index is 1.67. The smallest absolute Gasteiger partial charge is 0.0842 e. The van der Waals surface area contributed by atoms with Crippen LogP contribution in [-0.2, 0) is 6.42 Å². The first-order valence-corrected chi connectivity index (χ1v) is 18.0. The fourth-order valence-corrected chi connectivity index (χ4v) is 15.4. The van der Waals surface area contributed by atoms with Gasteiger partial charge in [0.05, 0.1) is 0 Å². The topological polar surface area (TPSA) is 0 Å². The largest absolute Gasteiger partial charge is 0.113 e. The molecule has 42 heavy (non-hydrogen) atoms. The zero-order valence-electron chi connectivity index (χ0n) is 27.0. The molecule has 0 aromatic heterocycles. The fourth-order valence-electron chi connectivity index (χ4n) is 10.6. The van der Waals surface area contributed by atoms with Gasteiger partial charge in [0.1, 0.15) is 8.80 Å². The van der Waals surface area contributed by atoms with E-state index in [1.54, 1.807) is 27.1 Å². The van der Waals surface area contributed by atoms with Gasteiger partial charge in [-0.05, 0) is 74.3 Å². The van der Waals surface area contributed by atoms with Crippen molar-refractivity contribution in [1.29, 1.82) is 0 Å². The molecule has 0 radical (unpaired) electrons. The molecule has 0 heterocycles. The monoisotopic (exact) mass is 568 g/mol. The van der Waals surface area contributed by atoms with Crippen molar-refractivity contribution in [2.45, 2.75) is 79.7 Å². The minimum absolute atomic E-state index is 0.00120. The molecule has 0 aliphatic heterocycles.